The van der Waals surface area contributed by atoms with Gasteiger partial charge in [0.05, 0.1) is 6.61 Å². The second-order valence-corrected chi connectivity index (χ2v) is 9.85. The van der Waals surface area contributed by atoms with E-state index in [1.54, 1.807) is 0 Å². The zero-order valence-corrected chi connectivity index (χ0v) is 17.8. The molecule has 0 aliphatic carbocycles. The van der Waals surface area contributed by atoms with E-state index >= 15 is 0 Å². The molecule has 0 aromatic carbocycles. The third-order valence-corrected chi connectivity index (χ3v) is 6.70. The first kappa shape index (κ1) is 25.4. The summed E-state index contributed by atoms with van der Waals surface area (Å²) in [4.78, 5) is 20.9. The molecule has 0 bridgehead atoms. The van der Waals surface area contributed by atoms with Crippen LogP contribution in [0.2, 0.25) is 0 Å². The Morgan fingerprint density at radius 1 is 0.846 bits per heavy atom. The van der Waals surface area contributed by atoms with Gasteiger partial charge in [0, 0.05) is 18.4 Å². The van der Waals surface area contributed by atoms with E-state index in [1.165, 1.54) is 51.4 Å². The molecule has 0 saturated heterocycles. The van der Waals surface area contributed by atoms with Crippen molar-refractivity contribution in [3.63, 3.8) is 0 Å². The fourth-order valence-electron chi connectivity index (χ4n) is 3.00. The van der Waals surface area contributed by atoms with Gasteiger partial charge >= 0.3 is 5.97 Å². The van der Waals surface area contributed by atoms with Crippen LogP contribution in [0.3, 0.4) is 0 Å². The third-order valence-electron chi connectivity index (χ3n) is 4.67. The number of carbonyl (C=O) groups excluding carboxylic acids is 1. The number of carbonyl (C=O) groups is 1. The molecule has 0 radical (unpaired) electrons. The lowest BCUT2D eigenvalue weighted by molar-refractivity contribution is -0.137. The maximum absolute atomic E-state index is 12.1. The van der Waals surface area contributed by atoms with E-state index in [-0.39, 0.29) is 5.97 Å². The van der Waals surface area contributed by atoms with Crippen molar-refractivity contribution in [1.29, 1.82) is 0 Å². The average molecular weight is 389 g/mol. The summed E-state index contributed by atoms with van der Waals surface area (Å²) in [7, 11) is -2.94. The van der Waals surface area contributed by atoms with Gasteiger partial charge in [0.1, 0.15) is 0 Å². The number of rotatable bonds is 19. The molecule has 5 heteroatoms. The second-order valence-electron chi connectivity index (χ2n) is 7.26. The lowest BCUT2D eigenvalue weighted by Crippen LogP contribution is -2.01. The topological polar surface area (TPSA) is 63.6 Å². The van der Waals surface area contributed by atoms with Crippen LogP contribution in [-0.2, 0) is 14.1 Å². The van der Waals surface area contributed by atoms with Crippen LogP contribution in [0.5, 0.6) is 0 Å². The predicted octanol–water partition coefficient (Wildman–Crippen LogP) is 6.47. The van der Waals surface area contributed by atoms with E-state index in [1.807, 2.05) is 0 Å². The lowest BCUT2D eigenvalue weighted by atomic mass is 10.1. The fraction of sp³-hybridized carbons (Fsp3) is 0.857. The van der Waals surface area contributed by atoms with Crippen LogP contribution in [0.1, 0.15) is 96.8 Å². The SMILES string of the molecule is C=CC(=O)OCCCCCCP(=O)(O)CCCCCCCCCCCC. The van der Waals surface area contributed by atoms with Gasteiger partial charge in [-0.25, -0.2) is 4.79 Å². The fourth-order valence-corrected chi connectivity index (χ4v) is 4.66. The monoisotopic (exact) mass is 388 g/mol. The van der Waals surface area contributed by atoms with Gasteiger partial charge < -0.3 is 9.63 Å². The van der Waals surface area contributed by atoms with E-state index in [4.69, 9.17) is 4.74 Å². The molecule has 0 aliphatic rings. The smallest absolute Gasteiger partial charge is 0.330 e. The predicted molar refractivity (Wildman–Crippen MR) is 111 cm³/mol. The quantitative estimate of drug-likeness (QED) is 0.119. The standard InChI is InChI=1S/C21H41O4P/c1-3-5-6-7-8-9-10-11-13-16-19-26(23,24)20-17-14-12-15-18-25-21(22)4-2/h4H,2-3,5-20H2,1H3,(H,23,24). The van der Waals surface area contributed by atoms with E-state index < -0.39 is 7.37 Å². The van der Waals surface area contributed by atoms with Crippen LogP contribution in [-0.4, -0.2) is 29.8 Å². The molecular formula is C21H41O4P. The molecule has 1 N–H and O–H groups in total. The van der Waals surface area contributed by atoms with Crippen molar-refractivity contribution in [3.8, 4) is 0 Å². The molecule has 0 amide bonds. The van der Waals surface area contributed by atoms with Gasteiger partial charge in [0.15, 0.2) is 0 Å². The molecular weight excluding hydrogens is 347 g/mol. The Hall–Kier alpha value is -0.600. The number of hydrogen-bond donors (Lipinski definition) is 1. The Balaban J connectivity index is 3.40. The summed E-state index contributed by atoms with van der Waals surface area (Å²) in [6, 6.07) is 0. The molecule has 0 fully saturated rings. The normalized spacial score (nSPS) is 13.3. The Morgan fingerprint density at radius 2 is 1.27 bits per heavy atom. The van der Waals surface area contributed by atoms with Crippen LogP contribution in [0.25, 0.3) is 0 Å². The van der Waals surface area contributed by atoms with Crippen molar-refractivity contribution in [2.24, 2.45) is 0 Å². The number of hydrogen-bond acceptors (Lipinski definition) is 3. The van der Waals surface area contributed by atoms with Gasteiger partial charge in [-0.2, -0.15) is 0 Å². The number of esters is 1. The first-order valence-electron chi connectivity index (χ1n) is 10.6. The zero-order chi connectivity index (χ0) is 19.5. The van der Waals surface area contributed by atoms with Crippen LogP contribution in [0.4, 0.5) is 0 Å². The van der Waals surface area contributed by atoms with Crippen LogP contribution < -0.4 is 0 Å². The number of unbranched alkanes of at least 4 members (excludes halogenated alkanes) is 12. The van der Waals surface area contributed by atoms with Gasteiger partial charge in [-0.3, -0.25) is 4.57 Å². The average Bonchev–Trinajstić information content (AvgIpc) is 2.62. The van der Waals surface area contributed by atoms with Crippen molar-refractivity contribution in [3.05, 3.63) is 12.7 Å². The van der Waals surface area contributed by atoms with Gasteiger partial charge in [-0.1, -0.05) is 84.1 Å². The van der Waals surface area contributed by atoms with Gasteiger partial charge in [-0.15, -0.1) is 0 Å². The molecule has 0 saturated carbocycles. The first-order chi connectivity index (χ1) is 12.5. The minimum absolute atomic E-state index is 0.388. The largest absolute Gasteiger partial charge is 0.463 e. The van der Waals surface area contributed by atoms with E-state index in [2.05, 4.69) is 13.5 Å². The molecule has 0 rings (SSSR count). The molecule has 0 aromatic heterocycles. The highest BCUT2D eigenvalue weighted by Crippen LogP contribution is 2.42. The Kier molecular flexibility index (Phi) is 17.4. The molecule has 0 aromatic rings. The number of ether oxygens (including phenoxy) is 1. The molecule has 0 aliphatic heterocycles. The first-order valence-corrected chi connectivity index (χ1v) is 12.6. The molecule has 0 heterocycles. The summed E-state index contributed by atoms with van der Waals surface area (Å²) < 4.78 is 17.0. The third kappa shape index (κ3) is 18.2. The maximum atomic E-state index is 12.1. The molecule has 0 spiro atoms. The summed E-state index contributed by atoms with van der Waals surface area (Å²) in [5.74, 6) is -0.388. The summed E-state index contributed by atoms with van der Waals surface area (Å²) in [5.41, 5.74) is 0. The van der Waals surface area contributed by atoms with E-state index in [0.29, 0.717) is 18.9 Å². The van der Waals surface area contributed by atoms with Crippen LogP contribution >= 0.6 is 7.37 Å². The van der Waals surface area contributed by atoms with Gasteiger partial charge in [-0.05, 0) is 19.3 Å². The summed E-state index contributed by atoms with van der Waals surface area (Å²) in [6.45, 7) is 5.98. The highest BCUT2D eigenvalue weighted by atomic mass is 31.2. The summed E-state index contributed by atoms with van der Waals surface area (Å²) >= 11 is 0. The Morgan fingerprint density at radius 3 is 1.73 bits per heavy atom. The highest BCUT2D eigenvalue weighted by molar-refractivity contribution is 7.57. The summed E-state index contributed by atoms with van der Waals surface area (Å²) in [5, 5.41) is 0. The molecule has 1 unspecified atom stereocenters. The second kappa shape index (κ2) is 17.8. The Labute approximate surface area is 161 Å². The van der Waals surface area contributed by atoms with Crippen molar-refractivity contribution in [2.75, 3.05) is 18.9 Å². The zero-order valence-electron chi connectivity index (χ0n) is 16.9. The Bertz CT molecular complexity index is 395. The molecule has 154 valence electrons. The van der Waals surface area contributed by atoms with Crippen molar-refractivity contribution < 1.29 is 19.0 Å². The highest BCUT2D eigenvalue weighted by Gasteiger charge is 2.16. The lowest BCUT2D eigenvalue weighted by Gasteiger charge is -2.11. The van der Waals surface area contributed by atoms with E-state index in [9.17, 15) is 14.3 Å². The van der Waals surface area contributed by atoms with Crippen LogP contribution in [0.15, 0.2) is 12.7 Å². The van der Waals surface area contributed by atoms with Crippen molar-refractivity contribution in [1.82, 2.24) is 0 Å². The van der Waals surface area contributed by atoms with E-state index in [0.717, 1.165) is 44.6 Å². The molecule has 4 nitrogen and oxygen atoms in total. The summed E-state index contributed by atoms with van der Waals surface area (Å²) in [6.07, 6.45) is 17.9. The van der Waals surface area contributed by atoms with Gasteiger partial charge in [0.25, 0.3) is 0 Å². The van der Waals surface area contributed by atoms with Crippen LogP contribution in [0, 0.1) is 0 Å². The van der Waals surface area contributed by atoms with Gasteiger partial charge in [0.2, 0.25) is 7.37 Å². The minimum Gasteiger partial charge on any atom is -0.463 e. The molecule has 26 heavy (non-hydrogen) atoms. The maximum Gasteiger partial charge on any atom is 0.330 e. The minimum atomic E-state index is -2.94. The van der Waals surface area contributed by atoms with Crippen molar-refractivity contribution in [2.45, 2.75) is 96.8 Å². The molecule has 1 atom stereocenters. The van der Waals surface area contributed by atoms with Crippen molar-refractivity contribution >= 4 is 13.3 Å².